The molecule has 0 radical (unpaired) electrons. The third kappa shape index (κ3) is 7.42. The van der Waals surface area contributed by atoms with E-state index in [1.165, 1.54) is 14.2 Å². The summed E-state index contributed by atoms with van der Waals surface area (Å²) in [6, 6.07) is 0. The van der Waals surface area contributed by atoms with E-state index < -0.39 is 47.9 Å². The van der Waals surface area contributed by atoms with Gasteiger partial charge in [-0.25, -0.2) is 9.59 Å². The van der Waals surface area contributed by atoms with Gasteiger partial charge < -0.3 is 28.4 Å². The minimum atomic E-state index is -1.58. The molecule has 8 nitrogen and oxygen atoms in total. The Bertz CT molecular complexity index is 1140. The van der Waals surface area contributed by atoms with Gasteiger partial charge in [-0.1, -0.05) is 116 Å². The molecule has 0 aliphatic heterocycles. The SMILES string of the molecule is CO[C@H]([C@H](OC)[C@@H](OC)C(=O)Oc1c(Cl)c(Cl)c(Cl)c(Cl)c1Cl)[C@H](OC)C(=O)Oc1c(Cl)c(Cl)c(Cl)c(Cl)c1Cl. The van der Waals surface area contributed by atoms with E-state index in [1.807, 2.05) is 0 Å². The zero-order chi connectivity index (χ0) is 30.6. The molecule has 0 N–H and O–H groups in total. The molecular weight excluding hydrogens is 747 g/mol. The van der Waals surface area contributed by atoms with Gasteiger partial charge in [0.05, 0.1) is 30.1 Å². The Kier molecular flexibility index (Phi) is 14.3. The molecule has 2 aromatic rings. The van der Waals surface area contributed by atoms with Crippen molar-refractivity contribution in [1.82, 2.24) is 0 Å². The van der Waals surface area contributed by atoms with E-state index in [2.05, 4.69) is 0 Å². The fourth-order valence-corrected chi connectivity index (χ4v) is 5.65. The fraction of sp³-hybridized carbons (Fsp3) is 0.364. The zero-order valence-corrected chi connectivity index (χ0v) is 27.9. The van der Waals surface area contributed by atoms with Gasteiger partial charge in [-0.15, -0.1) is 0 Å². The molecule has 0 unspecified atom stereocenters. The molecule has 0 bridgehead atoms. The number of ether oxygens (including phenoxy) is 6. The Balaban J connectivity index is 2.43. The summed E-state index contributed by atoms with van der Waals surface area (Å²) in [7, 11) is 4.73. The second kappa shape index (κ2) is 15.7. The highest BCUT2D eigenvalue weighted by Crippen LogP contribution is 2.49. The van der Waals surface area contributed by atoms with Crippen molar-refractivity contribution in [2.24, 2.45) is 0 Å². The number of carbonyl (C=O) groups is 2. The molecule has 0 aliphatic rings. The van der Waals surface area contributed by atoms with Crippen LogP contribution >= 0.6 is 116 Å². The summed E-state index contributed by atoms with van der Waals surface area (Å²) in [4.78, 5) is 26.4. The Morgan fingerprint density at radius 2 is 0.650 bits per heavy atom. The minimum Gasteiger partial charge on any atom is -0.421 e. The molecule has 0 saturated heterocycles. The summed E-state index contributed by atoms with van der Waals surface area (Å²) < 4.78 is 32.2. The van der Waals surface area contributed by atoms with Gasteiger partial charge in [0.2, 0.25) is 0 Å². The van der Waals surface area contributed by atoms with Gasteiger partial charge in [-0.05, 0) is 0 Å². The van der Waals surface area contributed by atoms with Crippen LogP contribution in [-0.2, 0) is 28.5 Å². The van der Waals surface area contributed by atoms with Gasteiger partial charge in [-0.3, -0.25) is 0 Å². The van der Waals surface area contributed by atoms with Crippen LogP contribution < -0.4 is 9.47 Å². The fourth-order valence-electron chi connectivity index (χ4n) is 3.26. The summed E-state index contributed by atoms with van der Waals surface area (Å²) in [5.41, 5.74) is 0. The average molecular weight is 763 g/mol. The van der Waals surface area contributed by atoms with Gasteiger partial charge >= 0.3 is 11.9 Å². The lowest BCUT2D eigenvalue weighted by molar-refractivity contribution is -0.183. The van der Waals surface area contributed by atoms with Crippen molar-refractivity contribution < 1.29 is 38.0 Å². The number of esters is 2. The summed E-state index contributed by atoms with van der Waals surface area (Å²) in [5, 5.41) is -2.35. The first kappa shape index (κ1) is 36.3. The van der Waals surface area contributed by atoms with E-state index in [4.69, 9.17) is 144 Å². The molecular formula is C22H16Cl10O8. The quantitative estimate of drug-likeness (QED) is 0.0972. The Hall–Kier alpha value is 0.120. The summed E-state index contributed by atoms with van der Waals surface area (Å²) in [6.45, 7) is 0. The largest absolute Gasteiger partial charge is 0.421 e. The third-order valence-corrected chi connectivity index (χ3v) is 9.67. The number of carbonyl (C=O) groups excluding carboxylic acids is 2. The van der Waals surface area contributed by atoms with Crippen LogP contribution in [-0.4, -0.2) is 64.8 Å². The first-order chi connectivity index (χ1) is 18.7. The number of benzene rings is 2. The molecule has 0 heterocycles. The van der Waals surface area contributed by atoms with Gasteiger partial charge in [0, 0.05) is 28.4 Å². The highest BCUT2D eigenvalue weighted by atomic mass is 35.5. The number of methoxy groups -OCH3 is 4. The van der Waals surface area contributed by atoms with Crippen LogP contribution in [0.25, 0.3) is 0 Å². The van der Waals surface area contributed by atoms with Crippen LogP contribution in [0.5, 0.6) is 11.5 Å². The molecule has 4 atom stereocenters. The second-order valence-electron chi connectivity index (χ2n) is 7.35. The van der Waals surface area contributed by atoms with Gasteiger partial charge in [-0.2, -0.15) is 0 Å². The maximum atomic E-state index is 13.2. The number of hydrogen-bond acceptors (Lipinski definition) is 8. The van der Waals surface area contributed by atoms with Crippen LogP contribution in [0.15, 0.2) is 0 Å². The predicted octanol–water partition coefficient (Wildman–Crippen LogP) is 8.79. The summed E-state index contributed by atoms with van der Waals surface area (Å²) in [5.74, 6) is -3.00. The molecule has 0 fully saturated rings. The van der Waals surface area contributed by atoms with Gasteiger partial charge in [0.15, 0.2) is 23.7 Å². The molecule has 222 valence electrons. The lowest BCUT2D eigenvalue weighted by Gasteiger charge is -2.33. The monoisotopic (exact) mass is 758 g/mol. The molecule has 2 rings (SSSR count). The molecule has 0 aromatic heterocycles. The van der Waals surface area contributed by atoms with Crippen LogP contribution in [0.1, 0.15) is 0 Å². The van der Waals surface area contributed by atoms with E-state index in [9.17, 15) is 9.59 Å². The number of rotatable bonds is 11. The van der Waals surface area contributed by atoms with Crippen molar-refractivity contribution in [1.29, 1.82) is 0 Å². The number of hydrogen-bond donors (Lipinski definition) is 0. The van der Waals surface area contributed by atoms with Crippen molar-refractivity contribution in [2.75, 3.05) is 28.4 Å². The average Bonchev–Trinajstić information content (AvgIpc) is 2.94. The second-order valence-corrected chi connectivity index (χ2v) is 11.1. The maximum Gasteiger partial charge on any atom is 0.343 e. The van der Waals surface area contributed by atoms with Crippen LogP contribution in [0.2, 0.25) is 50.2 Å². The van der Waals surface area contributed by atoms with Crippen LogP contribution in [0.4, 0.5) is 0 Å². The standard InChI is InChI=1S/C22H16Cl10O8/c1-35-17(19(37-3)21(33)39-15-11(29)7(25)5(23)8(26)12(15)30)18(36-2)20(38-4)22(34)40-16-13(31)9(27)6(24)10(28)14(16)32/h17-20H,1-4H3/t17-,18+,19+,20-. The van der Waals surface area contributed by atoms with Crippen LogP contribution in [0, 0.1) is 0 Å². The van der Waals surface area contributed by atoms with Crippen molar-refractivity contribution >= 4 is 128 Å². The van der Waals surface area contributed by atoms with Crippen molar-refractivity contribution in [3.05, 3.63) is 50.2 Å². The molecule has 40 heavy (non-hydrogen) atoms. The topological polar surface area (TPSA) is 89.5 Å². The highest BCUT2D eigenvalue weighted by molar-refractivity contribution is 6.56. The molecule has 0 saturated carbocycles. The van der Waals surface area contributed by atoms with Crippen molar-refractivity contribution in [3.8, 4) is 11.5 Å². The van der Waals surface area contributed by atoms with Gasteiger partial charge in [0.25, 0.3) is 0 Å². The summed E-state index contributed by atoms with van der Waals surface area (Å²) in [6.07, 6.45) is -5.90. The Morgan fingerprint density at radius 1 is 0.425 bits per heavy atom. The van der Waals surface area contributed by atoms with E-state index in [0.29, 0.717) is 0 Å². The first-order valence-corrected chi connectivity index (χ1v) is 14.0. The van der Waals surface area contributed by atoms with E-state index in [0.717, 1.165) is 14.2 Å². The van der Waals surface area contributed by atoms with Crippen molar-refractivity contribution in [3.63, 3.8) is 0 Å². The highest BCUT2D eigenvalue weighted by Gasteiger charge is 2.45. The molecule has 2 aromatic carbocycles. The van der Waals surface area contributed by atoms with E-state index in [-0.39, 0.29) is 50.2 Å². The molecule has 18 heteroatoms. The van der Waals surface area contributed by atoms with E-state index >= 15 is 0 Å². The summed E-state index contributed by atoms with van der Waals surface area (Å²) >= 11 is 60.8. The normalized spacial score (nSPS) is 14.4. The molecule has 0 amide bonds. The predicted molar refractivity (Wildman–Crippen MR) is 157 cm³/mol. The molecule has 0 spiro atoms. The van der Waals surface area contributed by atoms with Crippen molar-refractivity contribution in [2.45, 2.75) is 24.4 Å². The Labute approximate surface area is 278 Å². The van der Waals surface area contributed by atoms with Gasteiger partial charge in [0.1, 0.15) is 32.3 Å². The molecule has 0 aliphatic carbocycles. The maximum absolute atomic E-state index is 13.2. The third-order valence-electron chi connectivity index (χ3n) is 5.18. The van der Waals surface area contributed by atoms with Crippen LogP contribution in [0.3, 0.4) is 0 Å². The number of halogens is 10. The van der Waals surface area contributed by atoms with E-state index in [1.54, 1.807) is 0 Å². The zero-order valence-electron chi connectivity index (χ0n) is 20.4. The Morgan fingerprint density at radius 3 is 0.850 bits per heavy atom. The first-order valence-electron chi connectivity index (χ1n) is 10.3. The lowest BCUT2D eigenvalue weighted by Crippen LogP contribution is -2.54. The smallest absolute Gasteiger partial charge is 0.343 e. The lowest BCUT2D eigenvalue weighted by atomic mass is 10.0. The minimum absolute atomic E-state index is 0.152.